The highest BCUT2D eigenvalue weighted by Gasteiger charge is 2.39. The van der Waals surface area contributed by atoms with E-state index in [9.17, 15) is 0 Å². The van der Waals surface area contributed by atoms with E-state index in [1.54, 1.807) is 0 Å². The molecule has 0 heterocycles. The third kappa shape index (κ3) is 1.50. The molecule has 3 N–H and O–H groups in total. The lowest BCUT2D eigenvalue weighted by molar-refractivity contribution is 0.206. The number of hydrogen-bond acceptors (Lipinski definition) is 2. The Hall–Kier alpha value is -0.0800. The Morgan fingerprint density at radius 1 is 1.70 bits per heavy atom. The van der Waals surface area contributed by atoms with Crippen LogP contribution in [0.2, 0.25) is 0 Å². The maximum absolute atomic E-state index is 8.79. The van der Waals surface area contributed by atoms with Crippen molar-refractivity contribution in [2.45, 2.75) is 26.3 Å². The Labute approximate surface area is 62.4 Å². The fourth-order valence-electron chi connectivity index (χ4n) is 1.43. The van der Waals surface area contributed by atoms with Crippen LogP contribution in [-0.4, -0.2) is 17.8 Å². The Morgan fingerprint density at radius 3 is 2.50 bits per heavy atom. The zero-order valence-corrected chi connectivity index (χ0v) is 6.75. The van der Waals surface area contributed by atoms with E-state index in [1.165, 1.54) is 6.42 Å². The maximum atomic E-state index is 8.79. The Kier molecular flexibility index (Phi) is 2.32. The fraction of sp³-hybridized carbons (Fsp3) is 1.00. The molecule has 2 heteroatoms. The molecular weight excluding hydrogens is 126 g/mol. The van der Waals surface area contributed by atoms with Crippen LogP contribution < -0.4 is 5.73 Å². The molecule has 0 amide bonds. The summed E-state index contributed by atoms with van der Waals surface area (Å²) in [6, 6.07) is 0.222. The first-order valence-electron chi connectivity index (χ1n) is 4.03. The summed E-state index contributed by atoms with van der Waals surface area (Å²) in [5, 5.41) is 8.79. The average molecular weight is 143 g/mol. The van der Waals surface area contributed by atoms with E-state index >= 15 is 0 Å². The van der Waals surface area contributed by atoms with Crippen molar-refractivity contribution in [2.75, 3.05) is 6.61 Å². The largest absolute Gasteiger partial charge is 0.396 e. The van der Waals surface area contributed by atoms with Crippen molar-refractivity contribution in [1.29, 1.82) is 0 Å². The first kappa shape index (κ1) is 8.02. The van der Waals surface area contributed by atoms with Gasteiger partial charge in [-0.2, -0.15) is 0 Å². The number of nitrogens with two attached hydrogens (primary N) is 1. The maximum Gasteiger partial charge on any atom is 0.0471 e. The smallest absolute Gasteiger partial charge is 0.0471 e. The molecule has 1 rings (SSSR count). The van der Waals surface area contributed by atoms with Gasteiger partial charge in [-0.15, -0.1) is 0 Å². The van der Waals surface area contributed by atoms with Crippen LogP contribution in [0.4, 0.5) is 0 Å². The molecule has 1 aliphatic carbocycles. The van der Waals surface area contributed by atoms with E-state index in [-0.39, 0.29) is 18.6 Å². The first-order valence-corrected chi connectivity index (χ1v) is 4.03. The molecule has 1 fully saturated rings. The summed E-state index contributed by atoms with van der Waals surface area (Å²) in [5.74, 6) is 1.75. The predicted molar refractivity (Wildman–Crippen MR) is 41.5 cm³/mol. The number of aliphatic hydroxyl groups excluding tert-OH is 1. The van der Waals surface area contributed by atoms with E-state index in [4.69, 9.17) is 10.8 Å². The standard InChI is InChI=1S/C8H17NO/c1-5-3-7(5)8(9)6(2)4-10/h5-8,10H,3-4,9H2,1-2H3. The normalized spacial score (nSPS) is 37.2. The lowest BCUT2D eigenvalue weighted by atomic mass is 9.98. The molecule has 0 radical (unpaired) electrons. The summed E-state index contributed by atoms with van der Waals surface area (Å²) in [6.45, 7) is 4.45. The summed E-state index contributed by atoms with van der Waals surface area (Å²) in [7, 11) is 0. The van der Waals surface area contributed by atoms with Crippen LogP contribution in [0.3, 0.4) is 0 Å². The van der Waals surface area contributed by atoms with Crippen molar-refractivity contribution >= 4 is 0 Å². The van der Waals surface area contributed by atoms with E-state index in [0.717, 1.165) is 5.92 Å². The van der Waals surface area contributed by atoms with Crippen LogP contribution in [0, 0.1) is 17.8 Å². The molecule has 0 aromatic carbocycles. The Morgan fingerprint density at radius 2 is 2.20 bits per heavy atom. The molecule has 0 aliphatic heterocycles. The molecule has 1 aliphatic rings. The monoisotopic (exact) mass is 143 g/mol. The van der Waals surface area contributed by atoms with Gasteiger partial charge in [-0.25, -0.2) is 0 Å². The van der Waals surface area contributed by atoms with Crippen LogP contribution in [-0.2, 0) is 0 Å². The minimum atomic E-state index is 0.222. The Bertz CT molecular complexity index is 112. The molecule has 0 bridgehead atoms. The lowest BCUT2D eigenvalue weighted by Gasteiger charge is -2.16. The third-order valence-corrected chi connectivity index (χ3v) is 2.61. The van der Waals surface area contributed by atoms with Gasteiger partial charge in [0.05, 0.1) is 0 Å². The van der Waals surface area contributed by atoms with Crippen molar-refractivity contribution in [2.24, 2.45) is 23.5 Å². The summed E-state index contributed by atoms with van der Waals surface area (Å²) in [6.07, 6.45) is 1.26. The second-order valence-corrected chi connectivity index (χ2v) is 3.61. The lowest BCUT2D eigenvalue weighted by Crippen LogP contribution is -2.33. The van der Waals surface area contributed by atoms with Crippen molar-refractivity contribution in [1.82, 2.24) is 0 Å². The van der Waals surface area contributed by atoms with Crippen LogP contribution >= 0.6 is 0 Å². The van der Waals surface area contributed by atoms with Crippen molar-refractivity contribution < 1.29 is 5.11 Å². The Balaban J connectivity index is 2.27. The summed E-state index contributed by atoms with van der Waals surface area (Å²) in [5.41, 5.74) is 5.86. The molecular formula is C8H17NO. The molecule has 4 atom stereocenters. The van der Waals surface area contributed by atoms with E-state index in [0.29, 0.717) is 5.92 Å². The second-order valence-electron chi connectivity index (χ2n) is 3.61. The van der Waals surface area contributed by atoms with Crippen molar-refractivity contribution in [3.8, 4) is 0 Å². The van der Waals surface area contributed by atoms with Crippen LogP contribution in [0.5, 0.6) is 0 Å². The van der Waals surface area contributed by atoms with Crippen molar-refractivity contribution in [3.05, 3.63) is 0 Å². The van der Waals surface area contributed by atoms with Gasteiger partial charge in [-0.3, -0.25) is 0 Å². The molecule has 0 saturated heterocycles. The van der Waals surface area contributed by atoms with Gasteiger partial charge in [0, 0.05) is 12.6 Å². The fourth-order valence-corrected chi connectivity index (χ4v) is 1.43. The number of aliphatic hydroxyl groups is 1. The third-order valence-electron chi connectivity index (χ3n) is 2.61. The van der Waals surface area contributed by atoms with E-state index in [2.05, 4.69) is 6.92 Å². The summed E-state index contributed by atoms with van der Waals surface area (Å²) >= 11 is 0. The molecule has 60 valence electrons. The van der Waals surface area contributed by atoms with Gasteiger partial charge >= 0.3 is 0 Å². The molecule has 0 aromatic heterocycles. The zero-order chi connectivity index (χ0) is 7.72. The minimum absolute atomic E-state index is 0.222. The number of rotatable bonds is 3. The predicted octanol–water partition coefficient (Wildman–Crippen LogP) is 0.598. The van der Waals surface area contributed by atoms with Gasteiger partial charge in [-0.1, -0.05) is 13.8 Å². The van der Waals surface area contributed by atoms with E-state index < -0.39 is 0 Å². The van der Waals surface area contributed by atoms with Crippen LogP contribution in [0.15, 0.2) is 0 Å². The highest BCUT2D eigenvalue weighted by Crippen LogP contribution is 2.41. The van der Waals surface area contributed by atoms with Crippen LogP contribution in [0.25, 0.3) is 0 Å². The zero-order valence-electron chi connectivity index (χ0n) is 6.75. The van der Waals surface area contributed by atoms with Crippen molar-refractivity contribution in [3.63, 3.8) is 0 Å². The highest BCUT2D eigenvalue weighted by molar-refractivity contribution is 4.92. The minimum Gasteiger partial charge on any atom is -0.396 e. The summed E-state index contributed by atoms with van der Waals surface area (Å²) < 4.78 is 0. The average Bonchev–Trinajstić information content (AvgIpc) is 2.63. The van der Waals surface area contributed by atoms with Gasteiger partial charge in [-0.05, 0) is 24.2 Å². The van der Waals surface area contributed by atoms with Gasteiger partial charge < -0.3 is 10.8 Å². The topological polar surface area (TPSA) is 46.2 Å². The molecule has 2 nitrogen and oxygen atoms in total. The van der Waals surface area contributed by atoms with Gasteiger partial charge in [0.1, 0.15) is 0 Å². The SMILES string of the molecule is CC(CO)C(N)C1CC1C. The first-order chi connectivity index (χ1) is 4.66. The highest BCUT2D eigenvalue weighted by atomic mass is 16.3. The number of hydrogen-bond donors (Lipinski definition) is 2. The van der Waals surface area contributed by atoms with E-state index in [1.807, 2.05) is 6.92 Å². The molecule has 0 aromatic rings. The quantitative estimate of drug-likeness (QED) is 0.607. The molecule has 4 unspecified atom stereocenters. The van der Waals surface area contributed by atoms with Crippen LogP contribution in [0.1, 0.15) is 20.3 Å². The van der Waals surface area contributed by atoms with Gasteiger partial charge in [0.15, 0.2) is 0 Å². The summed E-state index contributed by atoms with van der Waals surface area (Å²) in [4.78, 5) is 0. The second kappa shape index (κ2) is 2.89. The molecule has 0 spiro atoms. The molecule has 1 saturated carbocycles. The molecule has 10 heavy (non-hydrogen) atoms. The van der Waals surface area contributed by atoms with Gasteiger partial charge in [0.25, 0.3) is 0 Å². The van der Waals surface area contributed by atoms with Gasteiger partial charge in [0.2, 0.25) is 0 Å².